The van der Waals surface area contributed by atoms with Gasteiger partial charge in [-0.2, -0.15) is 0 Å². The standard InChI is InChI=1S/C14H19N3O3/c1-3-17(14(16)19)11-8-7-10(15)13(20-2)9(11)5-4-6-12(17)18/h7-8H,3-6,15H2,1-2H3,(H-,16,19)/p+1. The molecule has 1 aliphatic rings. The summed E-state index contributed by atoms with van der Waals surface area (Å²) in [4.78, 5) is 24.5. The summed E-state index contributed by atoms with van der Waals surface area (Å²) in [5, 5.41) is 0. The number of rotatable bonds is 2. The first-order valence-corrected chi connectivity index (χ1v) is 6.66. The zero-order chi connectivity index (χ0) is 14.9. The average Bonchev–Trinajstić information content (AvgIpc) is 2.55. The summed E-state index contributed by atoms with van der Waals surface area (Å²) in [6.07, 6.45) is 1.61. The van der Waals surface area contributed by atoms with Crippen LogP contribution < -0.4 is 20.7 Å². The van der Waals surface area contributed by atoms with E-state index in [1.165, 1.54) is 7.11 Å². The second kappa shape index (κ2) is 5.13. The van der Waals surface area contributed by atoms with Gasteiger partial charge < -0.3 is 16.2 Å². The van der Waals surface area contributed by atoms with E-state index in [1.54, 1.807) is 19.1 Å². The molecule has 3 amide bonds. The smallest absolute Gasteiger partial charge is 0.426 e. The summed E-state index contributed by atoms with van der Waals surface area (Å²) in [5.41, 5.74) is 13.4. The number of primary amides is 1. The van der Waals surface area contributed by atoms with E-state index in [4.69, 9.17) is 16.2 Å². The fourth-order valence-corrected chi connectivity index (χ4v) is 2.96. The minimum absolute atomic E-state index is 0.175. The van der Waals surface area contributed by atoms with Crippen LogP contribution in [-0.4, -0.2) is 25.6 Å². The normalized spacial score (nSPS) is 22.0. The molecule has 0 spiro atoms. The number of urea groups is 1. The Morgan fingerprint density at radius 1 is 1.40 bits per heavy atom. The number of anilines is 1. The van der Waals surface area contributed by atoms with E-state index >= 15 is 0 Å². The summed E-state index contributed by atoms with van der Waals surface area (Å²) < 4.78 is 4.89. The Morgan fingerprint density at radius 2 is 2.10 bits per heavy atom. The molecule has 1 aliphatic heterocycles. The molecule has 0 saturated carbocycles. The van der Waals surface area contributed by atoms with Gasteiger partial charge in [0.05, 0.1) is 31.3 Å². The number of methoxy groups -OCH3 is 1. The van der Waals surface area contributed by atoms with Gasteiger partial charge in [-0.05, 0) is 25.8 Å². The third kappa shape index (κ3) is 1.84. The van der Waals surface area contributed by atoms with Gasteiger partial charge in [0.1, 0.15) is 0 Å². The lowest BCUT2D eigenvalue weighted by atomic mass is 10.0. The van der Waals surface area contributed by atoms with Crippen LogP contribution in [0.2, 0.25) is 0 Å². The molecule has 1 unspecified atom stereocenters. The molecule has 4 N–H and O–H groups in total. The first-order valence-electron chi connectivity index (χ1n) is 6.66. The van der Waals surface area contributed by atoms with Gasteiger partial charge in [-0.1, -0.05) is 0 Å². The van der Waals surface area contributed by atoms with Crippen LogP contribution in [0, 0.1) is 0 Å². The van der Waals surface area contributed by atoms with Gasteiger partial charge in [0.15, 0.2) is 11.4 Å². The van der Waals surface area contributed by atoms with Crippen LogP contribution in [0.15, 0.2) is 12.1 Å². The molecule has 1 heterocycles. The second-order valence-electron chi connectivity index (χ2n) is 4.90. The Morgan fingerprint density at radius 3 is 2.65 bits per heavy atom. The van der Waals surface area contributed by atoms with Gasteiger partial charge in [-0.25, -0.2) is 9.59 Å². The third-order valence-electron chi connectivity index (χ3n) is 3.98. The van der Waals surface area contributed by atoms with Crippen LogP contribution in [0.25, 0.3) is 0 Å². The monoisotopic (exact) mass is 278 g/mol. The molecule has 6 nitrogen and oxygen atoms in total. The molecule has 108 valence electrons. The quantitative estimate of drug-likeness (QED) is 0.633. The van der Waals surface area contributed by atoms with E-state index < -0.39 is 10.5 Å². The van der Waals surface area contributed by atoms with Crippen LogP contribution in [0.1, 0.15) is 25.3 Å². The highest BCUT2D eigenvalue weighted by Gasteiger charge is 2.47. The van der Waals surface area contributed by atoms with Crippen molar-refractivity contribution in [2.45, 2.75) is 26.2 Å². The molecule has 0 fully saturated rings. The molecule has 1 atom stereocenters. The van der Waals surface area contributed by atoms with Crippen molar-refractivity contribution in [3.8, 4) is 5.75 Å². The van der Waals surface area contributed by atoms with E-state index in [0.717, 1.165) is 5.56 Å². The number of ether oxygens (including phenoxy) is 1. The first kappa shape index (κ1) is 14.3. The zero-order valence-electron chi connectivity index (χ0n) is 11.8. The minimum atomic E-state index is -0.660. The number of hydrogen-bond acceptors (Lipinski definition) is 4. The Bertz CT molecular complexity index is 571. The van der Waals surface area contributed by atoms with Crippen molar-refractivity contribution in [2.24, 2.45) is 5.73 Å². The minimum Gasteiger partial charge on any atom is -0.494 e. The van der Waals surface area contributed by atoms with E-state index in [0.29, 0.717) is 36.4 Å². The Balaban J connectivity index is 2.79. The largest absolute Gasteiger partial charge is 0.494 e. The predicted molar refractivity (Wildman–Crippen MR) is 77.3 cm³/mol. The molecule has 0 bridgehead atoms. The van der Waals surface area contributed by atoms with Crippen molar-refractivity contribution in [3.05, 3.63) is 17.7 Å². The van der Waals surface area contributed by atoms with E-state index in [9.17, 15) is 9.59 Å². The fraction of sp³-hybridized carbons (Fsp3) is 0.429. The topological polar surface area (TPSA) is 95.4 Å². The maximum Gasteiger partial charge on any atom is 0.426 e. The average molecular weight is 278 g/mol. The van der Waals surface area contributed by atoms with Gasteiger partial charge >= 0.3 is 11.9 Å². The van der Waals surface area contributed by atoms with E-state index in [2.05, 4.69) is 0 Å². The Labute approximate surface area is 117 Å². The number of nitrogens with two attached hydrogens (primary N) is 2. The number of hydrogen-bond donors (Lipinski definition) is 2. The van der Waals surface area contributed by atoms with Crippen LogP contribution in [0.4, 0.5) is 16.2 Å². The van der Waals surface area contributed by atoms with Crippen molar-refractivity contribution in [1.82, 2.24) is 4.48 Å². The van der Waals surface area contributed by atoms with E-state index in [1.807, 2.05) is 0 Å². The summed E-state index contributed by atoms with van der Waals surface area (Å²) in [6, 6.07) is 2.71. The maximum atomic E-state index is 12.5. The molecule has 0 aromatic heterocycles. The number of carbonyl (C=O) groups is 2. The van der Waals surface area contributed by atoms with Crippen LogP contribution in [0.5, 0.6) is 5.75 Å². The number of nitrogens with zero attached hydrogens (tertiary/aromatic N) is 1. The SMILES string of the molecule is CC[N+]1(C(N)=O)C(=O)CCCc2c1ccc(N)c2OC. The van der Waals surface area contributed by atoms with Crippen molar-refractivity contribution in [1.29, 1.82) is 0 Å². The molecule has 1 aromatic carbocycles. The summed E-state index contributed by atoms with van der Waals surface area (Å²) >= 11 is 0. The van der Waals surface area contributed by atoms with Gasteiger partial charge in [-0.15, -0.1) is 4.48 Å². The number of amides is 3. The summed E-state index contributed by atoms with van der Waals surface area (Å²) in [5.74, 6) is 0.361. The van der Waals surface area contributed by atoms with Crippen molar-refractivity contribution in [2.75, 3.05) is 19.4 Å². The maximum absolute atomic E-state index is 12.5. The molecule has 1 aromatic rings. The molecule has 0 aliphatic carbocycles. The van der Waals surface area contributed by atoms with Crippen molar-refractivity contribution in [3.63, 3.8) is 0 Å². The highest BCUT2D eigenvalue weighted by Crippen LogP contribution is 2.41. The highest BCUT2D eigenvalue weighted by atomic mass is 16.5. The Kier molecular flexibility index (Phi) is 3.67. The van der Waals surface area contributed by atoms with Crippen LogP contribution >= 0.6 is 0 Å². The van der Waals surface area contributed by atoms with Crippen LogP contribution in [0.3, 0.4) is 0 Å². The molecule has 0 saturated heterocycles. The zero-order valence-corrected chi connectivity index (χ0v) is 11.8. The number of benzene rings is 1. The van der Waals surface area contributed by atoms with Gasteiger partial charge in [0.25, 0.3) is 0 Å². The van der Waals surface area contributed by atoms with Gasteiger partial charge in [0, 0.05) is 6.07 Å². The lowest BCUT2D eigenvalue weighted by molar-refractivity contribution is -0.127. The number of quaternary nitrogens is 1. The number of carbonyl (C=O) groups excluding carboxylic acids is 2. The number of fused-ring (bicyclic) bond motifs is 1. The molecule has 2 rings (SSSR count). The summed E-state index contributed by atoms with van der Waals surface area (Å²) in [7, 11) is 1.53. The molecule has 0 radical (unpaired) electrons. The third-order valence-corrected chi connectivity index (χ3v) is 3.98. The van der Waals surface area contributed by atoms with Gasteiger partial charge in [0.2, 0.25) is 0 Å². The molecule has 20 heavy (non-hydrogen) atoms. The molecular formula is C14H20N3O3+. The predicted octanol–water partition coefficient (Wildman–Crippen LogP) is 1.55. The Hall–Kier alpha value is -2.08. The van der Waals surface area contributed by atoms with Crippen LogP contribution in [-0.2, 0) is 11.2 Å². The number of nitrogen functional groups attached to an aromatic ring is 1. The fourth-order valence-electron chi connectivity index (χ4n) is 2.96. The molecular weight excluding hydrogens is 258 g/mol. The first-order chi connectivity index (χ1) is 9.48. The van der Waals surface area contributed by atoms with Crippen molar-refractivity contribution >= 4 is 23.3 Å². The highest BCUT2D eigenvalue weighted by molar-refractivity contribution is 6.08. The number of imide groups is 1. The molecule has 6 heteroatoms. The van der Waals surface area contributed by atoms with Gasteiger partial charge in [-0.3, -0.25) is 0 Å². The lowest BCUT2D eigenvalue weighted by Gasteiger charge is -2.30. The van der Waals surface area contributed by atoms with E-state index in [-0.39, 0.29) is 12.5 Å². The second-order valence-corrected chi connectivity index (χ2v) is 4.90. The van der Waals surface area contributed by atoms with Crippen molar-refractivity contribution < 1.29 is 14.3 Å². The summed E-state index contributed by atoms with van der Waals surface area (Å²) in [6.45, 7) is 2.06. The lowest BCUT2D eigenvalue weighted by Crippen LogP contribution is -2.60.